The summed E-state index contributed by atoms with van der Waals surface area (Å²) in [4.78, 5) is 28.1. The lowest BCUT2D eigenvalue weighted by Gasteiger charge is -2.09. The molecule has 0 saturated heterocycles. The molecule has 2 aromatic heterocycles. The average molecular weight is 432 g/mol. The van der Waals surface area contributed by atoms with Crippen LogP contribution in [0.5, 0.6) is 0 Å². The number of hydrogen-bond acceptors (Lipinski definition) is 5. The lowest BCUT2D eigenvalue weighted by molar-refractivity contribution is 0.0920. The van der Waals surface area contributed by atoms with Gasteiger partial charge in [-0.15, -0.1) is 0 Å². The SMILES string of the molecule is CC(C)Nc1cn(C)c(C(=O)C(C)C)n1.Cc1c(NC(C)C)cn(C)c1C(=O)C(C)C. The highest BCUT2D eigenvalue weighted by Gasteiger charge is 2.20. The van der Waals surface area contributed by atoms with Gasteiger partial charge in [0.1, 0.15) is 5.82 Å². The van der Waals surface area contributed by atoms with Crippen LogP contribution in [0, 0.1) is 18.8 Å². The minimum Gasteiger partial charge on any atom is -0.381 e. The minimum absolute atomic E-state index is 0.0157. The molecule has 2 N–H and O–H groups in total. The van der Waals surface area contributed by atoms with Crippen molar-refractivity contribution >= 4 is 23.1 Å². The molecule has 0 aliphatic carbocycles. The molecule has 0 aliphatic heterocycles. The highest BCUT2D eigenvalue weighted by atomic mass is 16.1. The average Bonchev–Trinajstić information content (AvgIpc) is 3.12. The number of nitrogens with zero attached hydrogens (tertiary/aromatic N) is 3. The van der Waals surface area contributed by atoms with Gasteiger partial charge < -0.3 is 19.8 Å². The van der Waals surface area contributed by atoms with Gasteiger partial charge in [-0.3, -0.25) is 9.59 Å². The maximum atomic E-state index is 12.0. The van der Waals surface area contributed by atoms with Crippen LogP contribution in [-0.4, -0.2) is 37.8 Å². The van der Waals surface area contributed by atoms with Gasteiger partial charge in [0.25, 0.3) is 0 Å². The van der Waals surface area contributed by atoms with Crippen molar-refractivity contribution in [3.05, 3.63) is 29.5 Å². The van der Waals surface area contributed by atoms with E-state index in [0.29, 0.717) is 17.9 Å². The molecule has 31 heavy (non-hydrogen) atoms. The summed E-state index contributed by atoms with van der Waals surface area (Å²) in [6.45, 7) is 17.9. The summed E-state index contributed by atoms with van der Waals surface area (Å²) < 4.78 is 3.69. The van der Waals surface area contributed by atoms with Gasteiger partial charge in [0.05, 0.1) is 11.4 Å². The Kier molecular flexibility index (Phi) is 9.53. The summed E-state index contributed by atoms with van der Waals surface area (Å²) in [7, 11) is 3.77. The molecule has 0 aromatic carbocycles. The van der Waals surface area contributed by atoms with Crippen LogP contribution in [0.25, 0.3) is 0 Å². The molecule has 0 spiro atoms. The molecular weight excluding hydrogens is 390 g/mol. The number of rotatable bonds is 8. The van der Waals surface area contributed by atoms with Crippen molar-refractivity contribution in [2.75, 3.05) is 10.6 Å². The minimum atomic E-state index is -0.0157. The number of aryl methyl sites for hydroxylation is 2. The summed E-state index contributed by atoms with van der Waals surface area (Å²) in [6, 6.07) is 0.699. The van der Waals surface area contributed by atoms with E-state index in [9.17, 15) is 9.59 Å². The third kappa shape index (κ3) is 7.26. The second-order valence-corrected chi connectivity index (χ2v) is 9.32. The van der Waals surface area contributed by atoms with Gasteiger partial charge in [0.2, 0.25) is 5.78 Å². The number of carbonyl (C=O) groups excluding carboxylic acids is 2. The van der Waals surface area contributed by atoms with E-state index < -0.39 is 0 Å². The van der Waals surface area contributed by atoms with Crippen LogP contribution in [0.3, 0.4) is 0 Å². The van der Waals surface area contributed by atoms with Crippen molar-refractivity contribution in [2.24, 2.45) is 25.9 Å². The maximum Gasteiger partial charge on any atom is 0.200 e. The Morgan fingerprint density at radius 2 is 1.32 bits per heavy atom. The fourth-order valence-electron chi connectivity index (χ4n) is 3.15. The number of aromatic nitrogens is 3. The van der Waals surface area contributed by atoms with Crippen LogP contribution in [0.1, 0.15) is 82.1 Å². The van der Waals surface area contributed by atoms with Crippen LogP contribution in [0.4, 0.5) is 11.5 Å². The number of imidazole rings is 1. The molecule has 0 atom stereocenters. The second-order valence-electron chi connectivity index (χ2n) is 9.32. The molecule has 174 valence electrons. The Morgan fingerprint density at radius 3 is 1.77 bits per heavy atom. The third-order valence-corrected chi connectivity index (χ3v) is 4.69. The number of hydrogen-bond donors (Lipinski definition) is 2. The van der Waals surface area contributed by atoms with Crippen LogP contribution < -0.4 is 10.6 Å². The maximum absolute atomic E-state index is 12.0. The molecule has 7 heteroatoms. The van der Waals surface area contributed by atoms with E-state index >= 15 is 0 Å². The zero-order valence-electron chi connectivity index (χ0n) is 21.1. The molecule has 0 amide bonds. The van der Waals surface area contributed by atoms with Crippen LogP contribution in [0.15, 0.2) is 12.4 Å². The molecule has 2 rings (SSSR count). The van der Waals surface area contributed by atoms with Crippen molar-refractivity contribution in [2.45, 2.75) is 74.4 Å². The first kappa shape index (κ1) is 26.5. The van der Waals surface area contributed by atoms with Crippen LogP contribution in [0.2, 0.25) is 0 Å². The Labute approximate surface area is 187 Å². The summed E-state index contributed by atoms with van der Waals surface area (Å²) >= 11 is 0. The Bertz CT molecular complexity index is 888. The monoisotopic (exact) mass is 431 g/mol. The number of anilines is 2. The lowest BCUT2D eigenvalue weighted by Crippen LogP contribution is -2.13. The normalized spacial score (nSPS) is 11.2. The molecule has 0 radical (unpaired) electrons. The van der Waals surface area contributed by atoms with Crippen molar-refractivity contribution in [3.63, 3.8) is 0 Å². The molecule has 0 aliphatic rings. The largest absolute Gasteiger partial charge is 0.381 e. The highest BCUT2D eigenvalue weighted by Crippen LogP contribution is 2.24. The van der Waals surface area contributed by atoms with Crippen molar-refractivity contribution in [1.82, 2.24) is 14.1 Å². The first-order valence-electron chi connectivity index (χ1n) is 11.1. The quantitative estimate of drug-likeness (QED) is 0.570. The molecular formula is C24H41N5O2. The Balaban J connectivity index is 0.000000311. The van der Waals surface area contributed by atoms with Crippen molar-refractivity contribution in [3.8, 4) is 0 Å². The fourth-order valence-corrected chi connectivity index (χ4v) is 3.15. The van der Waals surface area contributed by atoms with Crippen molar-refractivity contribution < 1.29 is 9.59 Å². The van der Waals surface area contributed by atoms with E-state index in [1.807, 2.05) is 79.5 Å². The fraction of sp³-hybridized carbons (Fsp3) is 0.625. The van der Waals surface area contributed by atoms with Gasteiger partial charge in [-0.2, -0.15) is 0 Å². The van der Waals surface area contributed by atoms with Crippen molar-refractivity contribution in [1.29, 1.82) is 0 Å². The van der Waals surface area contributed by atoms with E-state index in [-0.39, 0.29) is 23.4 Å². The Morgan fingerprint density at radius 1 is 0.806 bits per heavy atom. The van der Waals surface area contributed by atoms with Gasteiger partial charge in [-0.1, -0.05) is 27.7 Å². The zero-order valence-corrected chi connectivity index (χ0v) is 21.1. The summed E-state index contributed by atoms with van der Waals surface area (Å²) in [5.41, 5.74) is 2.93. The Hall–Kier alpha value is -2.57. The van der Waals surface area contributed by atoms with E-state index in [1.54, 1.807) is 4.57 Å². The van der Waals surface area contributed by atoms with Gasteiger partial charge in [-0.05, 0) is 34.6 Å². The van der Waals surface area contributed by atoms with Crippen LogP contribution in [-0.2, 0) is 14.1 Å². The zero-order chi connectivity index (χ0) is 24.0. The summed E-state index contributed by atoms with van der Waals surface area (Å²) in [6.07, 6.45) is 3.83. The predicted molar refractivity (Wildman–Crippen MR) is 129 cm³/mol. The van der Waals surface area contributed by atoms with Crippen LogP contribution >= 0.6 is 0 Å². The first-order valence-corrected chi connectivity index (χ1v) is 11.1. The van der Waals surface area contributed by atoms with E-state index in [2.05, 4.69) is 29.5 Å². The highest BCUT2D eigenvalue weighted by molar-refractivity contribution is 5.98. The van der Waals surface area contributed by atoms with E-state index in [4.69, 9.17) is 0 Å². The van der Waals surface area contributed by atoms with Gasteiger partial charge in [0.15, 0.2) is 11.6 Å². The number of carbonyl (C=O) groups is 2. The number of ketones is 2. The summed E-state index contributed by atoms with van der Waals surface area (Å²) in [5, 5.41) is 6.53. The number of nitrogens with one attached hydrogen (secondary N) is 2. The number of Topliss-reactive ketones (excluding diaryl/α,β-unsaturated/α-hetero) is 2. The smallest absolute Gasteiger partial charge is 0.200 e. The first-order chi connectivity index (χ1) is 14.3. The molecule has 2 aromatic rings. The van der Waals surface area contributed by atoms with E-state index in [0.717, 1.165) is 22.8 Å². The topological polar surface area (TPSA) is 81.0 Å². The van der Waals surface area contributed by atoms with Gasteiger partial charge in [-0.25, -0.2) is 4.98 Å². The lowest BCUT2D eigenvalue weighted by atomic mass is 10.0. The standard InChI is InChI=1S/C13H22N2O.C11H19N3O/c1-8(2)13(16)12-10(5)11(7-15(12)6)14-9(3)4;1-7(2)10(15)11-13-9(6-14(11)5)12-8(3)4/h7-9,14H,1-6H3;6-8,12H,1-5H3. The molecule has 0 saturated carbocycles. The predicted octanol–water partition coefficient (Wildman–Crippen LogP) is 5.07. The molecule has 0 fully saturated rings. The second kappa shape index (κ2) is 11.2. The summed E-state index contributed by atoms with van der Waals surface area (Å²) in [5.74, 6) is 1.59. The van der Waals surface area contributed by atoms with Gasteiger partial charge in [0, 0.05) is 56.0 Å². The molecule has 2 heterocycles. The molecule has 7 nitrogen and oxygen atoms in total. The molecule has 0 unspecified atom stereocenters. The van der Waals surface area contributed by atoms with E-state index in [1.165, 1.54) is 0 Å². The van der Waals surface area contributed by atoms with Gasteiger partial charge >= 0.3 is 0 Å². The molecule has 0 bridgehead atoms. The third-order valence-electron chi connectivity index (χ3n) is 4.69.